The fourth-order valence-corrected chi connectivity index (χ4v) is 2.45. The molecular weight excluding hydrogens is 258 g/mol. The van der Waals surface area contributed by atoms with Crippen LogP contribution >= 0.6 is 0 Å². The van der Waals surface area contributed by atoms with Crippen LogP contribution in [0.1, 0.15) is 35.1 Å². The topological polar surface area (TPSA) is 21.3 Å². The summed E-state index contributed by atoms with van der Waals surface area (Å²) < 4.78 is 6.04. The molecule has 0 aromatic heterocycles. The van der Waals surface area contributed by atoms with E-state index in [2.05, 4.69) is 55.6 Å². The molecule has 110 valence electrons. The van der Waals surface area contributed by atoms with E-state index in [-0.39, 0.29) is 0 Å². The molecule has 0 aliphatic heterocycles. The smallest absolute Gasteiger partial charge is 0.122 e. The molecule has 2 aromatic carbocycles. The van der Waals surface area contributed by atoms with Gasteiger partial charge in [-0.25, -0.2) is 0 Å². The molecule has 2 aromatic rings. The molecule has 0 heterocycles. The highest BCUT2D eigenvalue weighted by Gasteiger charge is 2.20. The van der Waals surface area contributed by atoms with Crippen molar-refractivity contribution in [2.45, 2.75) is 45.9 Å². The molecule has 0 atom stereocenters. The Hall–Kier alpha value is -1.80. The average molecular weight is 281 g/mol. The number of hydrogen-bond acceptors (Lipinski definition) is 2. The van der Waals surface area contributed by atoms with E-state index < -0.39 is 0 Å². The summed E-state index contributed by atoms with van der Waals surface area (Å²) in [6.07, 6.45) is 2.64. The van der Waals surface area contributed by atoms with Gasteiger partial charge in [0.1, 0.15) is 12.4 Å². The Balaban J connectivity index is 1.67. The van der Waals surface area contributed by atoms with E-state index >= 15 is 0 Å². The lowest BCUT2D eigenvalue weighted by Crippen LogP contribution is -2.17. The predicted molar refractivity (Wildman–Crippen MR) is 86.6 cm³/mol. The van der Waals surface area contributed by atoms with E-state index in [1.54, 1.807) is 0 Å². The van der Waals surface area contributed by atoms with Crippen LogP contribution in [0.2, 0.25) is 0 Å². The van der Waals surface area contributed by atoms with Crippen molar-refractivity contribution in [1.29, 1.82) is 0 Å². The first-order valence-corrected chi connectivity index (χ1v) is 7.73. The summed E-state index contributed by atoms with van der Waals surface area (Å²) >= 11 is 0. The van der Waals surface area contributed by atoms with Crippen molar-refractivity contribution in [2.24, 2.45) is 0 Å². The van der Waals surface area contributed by atoms with E-state index in [1.165, 1.54) is 35.1 Å². The van der Waals surface area contributed by atoms with Crippen molar-refractivity contribution in [3.63, 3.8) is 0 Å². The van der Waals surface area contributed by atoms with Crippen molar-refractivity contribution >= 4 is 0 Å². The first-order valence-electron chi connectivity index (χ1n) is 7.73. The van der Waals surface area contributed by atoms with E-state index in [9.17, 15) is 0 Å². The first-order chi connectivity index (χ1) is 10.2. The number of nitrogens with one attached hydrogen (secondary N) is 1. The highest BCUT2D eigenvalue weighted by atomic mass is 16.5. The zero-order chi connectivity index (χ0) is 14.7. The molecule has 1 saturated carbocycles. The van der Waals surface area contributed by atoms with Crippen LogP contribution in [0.5, 0.6) is 5.75 Å². The predicted octanol–water partition coefficient (Wildman–Crippen LogP) is 4.13. The van der Waals surface area contributed by atoms with Crippen LogP contribution in [-0.2, 0) is 13.2 Å². The Labute approximate surface area is 127 Å². The van der Waals surface area contributed by atoms with Crippen LogP contribution < -0.4 is 10.1 Å². The van der Waals surface area contributed by atoms with Crippen molar-refractivity contribution in [3.8, 4) is 5.75 Å². The maximum Gasteiger partial charge on any atom is 0.122 e. The van der Waals surface area contributed by atoms with E-state index in [0.29, 0.717) is 6.61 Å². The molecule has 2 nitrogen and oxygen atoms in total. The molecule has 1 N–H and O–H groups in total. The van der Waals surface area contributed by atoms with Gasteiger partial charge >= 0.3 is 0 Å². The zero-order valence-corrected chi connectivity index (χ0v) is 12.9. The van der Waals surface area contributed by atoms with Gasteiger partial charge in [0.25, 0.3) is 0 Å². The van der Waals surface area contributed by atoms with Gasteiger partial charge in [-0.05, 0) is 55.0 Å². The highest BCUT2D eigenvalue weighted by molar-refractivity contribution is 5.38. The maximum atomic E-state index is 6.04. The van der Waals surface area contributed by atoms with Crippen LogP contribution in [0, 0.1) is 13.8 Å². The average Bonchev–Trinajstić information content (AvgIpc) is 3.32. The van der Waals surface area contributed by atoms with Crippen LogP contribution in [0.4, 0.5) is 0 Å². The fraction of sp³-hybridized carbons (Fsp3) is 0.368. The molecule has 0 unspecified atom stereocenters. The third-order valence-corrected chi connectivity index (χ3v) is 4.22. The van der Waals surface area contributed by atoms with E-state index in [4.69, 9.17) is 4.74 Å². The van der Waals surface area contributed by atoms with Gasteiger partial charge in [-0.15, -0.1) is 0 Å². The van der Waals surface area contributed by atoms with E-state index in [0.717, 1.165) is 18.3 Å². The van der Waals surface area contributed by atoms with Crippen molar-refractivity contribution < 1.29 is 4.74 Å². The first kappa shape index (κ1) is 14.2. The van der Waals surface area contributed by atoms with Crippen molar-refractivity contribution in [2.75, 3.05) is 0 Å². The minimum Gasteiger partial charge on any atom is -0.489 e. The maximum absolute atomic E-state index is 6.04. The van der Waals surface area contributed by atoms with Crippen molar-refractivity contribution in [1.82, 2.24) is 5.32 Å². The van der Waals surface area contributed by atoms with E-state index in [1.807, 2.05) is 6.07 Å². The summed E-state index contributed by atoms with van der Waals surface area (Å²) in [6.45, 7) is 5.81. The minimum absolute atomic E-state index is 0.632. The number of ether oxygens (including phenoxy) is 1. The third-order valence-electron chi connectivity index (χ3n) is 4.22. The molecule has 1 fully saturated rings. The Bertz CT molecular complexity index is 617. The van der Waals surface area contributed by atoms with Gasteiger partial charge in [0, 0.05) is 12.6 Å². The van der Waals surface area contributed by atoms with Crippen LogP contribution in [0.15, 0.2) is 42.5 Å². The second-order valence-corrected chi connectivity index (χ2v) is 5.91. The van der Waals surface area contributed by atoms with Crippen molar-refractivity contribution in [3.05, 3.63) is 64.7 Å². The number of aryl methyl sites for hydroxylation is 1. The van der Waals surface area contributed by atoms with Gasteiger partial charge < -0.3 is 10.1 Å². The SMILES string of the molecule is Cc1cccc(OCc2ccccc2CNC2CC2)c1C. The second kappa shape index (κ2) is 6.31. The Morgan fingerprint density at radius 2 is 1.76 bits per heavy atom. The van der Waals surface area contributed by atoms with Crippen LogP contribution in [0.25, 0.3) is 0 Å². The number of hydrogen-bond donors (Lipinski definition) is 1. The fourth-order valence-electron chi connectivity index (χ4n) is 2.45. The van der Waals surface area contributed by atoms with Gasteiger partial charge in [-0.3, -0.25) is 0 Å². The molecular formula is C19H23NO. The third kappa shape index (κ3) is 3.64. The summed E-state index contributed by atoms with van der Waals surface area (Å²) in [5.41, 5.74) is 5.11. The molecule has 0 radical (unpaired) electrons. The lowest BCUT2D eigenvalue weighted by molar-refractivity contribution is 0.302. The van der Waals surface area contributed by atoms with Gasteiger partial charge in [-0.1, -0.05) is 36.4 Å². The standard InChI is InChI=1S/C19H23NO/c1-14-6-5-9-19(15(14)2)21-13-17-8-4-3-7-16(17)12-20-18-10-11-18/h3-9,18,20H,10-13H2,1-2H3. The Kier molecular flexibility index (Phi) is 4.26. The highest BCUT2D eigenvalue weighted by Crippen LogP contribution is 2.23. The summed E-state index contributed by atoms with van der Waals surface area (Å²) in [7, 11) is 0. The minimum atomic E-state index is 0.632. The normalized spacial score (nSPS) is 14.2. The lowest BCUT2D eigenvalue weighted by atomic mass is 10.1. The van der Waals surface area contributed by atoms with Crippen LogP contribution in [-0.4, -0.2) is 6.04 Å². The van der Waals surface area contributed by atoms with Crippen LogP contribution in [0.3, 0.4) is 0 Å². The molecule has 1 aliphatic rings. The largest absolute Gasteiger partial charge is 0.489 e. The van der Waals surface area contributed by atoms with Gasteiger partial charge in [-0.2, -0.15) is 0 Å². The second-order valence-electron chi connectivity index (χ2n) is 5.91. The number of benzene rings is 2. The molecule has 0 saturated heterocycles. The molecule has 0 spiro atoms. The lowest BCUT2D eigenvalue weighted by Gasteiger charge is -2.14. The summed E-state index contributed by atoms with van der Waals surface area (Å²) in [6, 6.07) is 15.5. The quantitative estimate of drug-likeness (QED) is 0.859. The monoisotopic (exact) mass is 281 g/mol. The summed E-state index contributed by atoms with van der Waals surface area (Å²) in [5.74, 6) is 0.986. The summed E-state index contributed by atoms with van der Waals surface area (Å²) in [4.78, 5) is 0. The molecule has 2 heteroatoms. The zero-order valence-electron chi connectivity index (χ0n) is 12.9. The molecule has 1 aliphatic carbocycles. The number of rotatable bonds is 6. The Morgan fingerprint density at radius 1 is 1.00 bits per heavy atom. The molecule has 0 bridgehead atoms. The molecule has 0 amide bonds. The van der Waals surface area contributed by atoms with Gasteiger partial charge in [0.2, 0.25) is 0 Å². The molecule has 21 heavy (non-hydrogen) atoms. The van der Waals surface area contributed by atoms with Gasteiger partial charge in [0.15, 0.2) is 0 Å². The Morgan fingerprint density at radius 3 is 2.52 bits per heavy atom. The van der Waals surface area contributed by atoms with Gasteiger partial charge in [0.05, 0.1) is 0 Å². The molecule has 3 rings (SSSR count). The summed E-state index contributed by atoms with van der Waals surface area (Å²) in [5, 5.41) is 3.58.